The van der Waals surface area contributed by atoms with Gasteiger partial charge in [-0.2, -0.15) is 13.2 Å². The van der Waals surface area contributed by atoms with E-state index in [1.165, 1.54) is 12.1 Å². The monoisotopic (exact) mass is 798 g/mol. The molecule has 3 heterocycles. The Morgan fingerprint density at radius 2 is 1.07 bits per heavy atom. The summed E-state index contributed by atoms with van der Waals surface area (Å²) in [7, 11) is 0. The first-order valence-corrected chi connectivity index (χ1v) is 19.9. The van der Waals surface area contributed by atoms with Crippen molar-refractivity contribution in [2.45, 2.75) is 13.1 Å². The standard InChI is InChI=1S/C53H33F3N4O/c1-32-27-37(29-38(28-32)53(54,55)56)35-23-25-46-43(30-35)40-17-8-10-21-45(40)60(46)47-26-24-36(39-19-12-20-42-41-18-9-11-22-48(41)61-49(39)42)31-44(47)52-58-50(33-13-4-2-5-14-33)57-51(59-52)34-15-6-3-7-16-34/h2-31H,1H3. The van der Waals surface area contributed by atoms with Gasteiger partial charge in [-0.1, -0.05) is 133 Å². The summed E-state index contributed by atoms with van der Waals surface area (Å²) in [6.45, 7) is 1.69. The van der Waals surface area contributed by atoms with Crippen LogP contribution in [0.3, 0.4) is 0 Å². The number of hydrogen-bond acceptors (Lipinski definition) is 4. The summed E-state index contributed by atoms with van der Waals surface area (Å²) >= 11 is 0. The summed E-state index contributed by atoms with van der Waals surface area (Å²) < 4.78 is 50.7. The highest BCUT2D eigenvalue weighted by Gasteiger charge is 2.31. The molecule has 0 N–H and O–H groups in total. The zero-order chi connectivity index (χ0) is 41.2. The molecule has 292 valence electrons. The van der Waals surface area contributed by atoms with E-state index in [1.54, 1.807) is 13.0 Å². The minimum absolute atomic E-state index is 0.475. The van der Waals surface area contributed by atoms with Crippen molar-refractivity contribution < 1.29 is 17.6 Å². The fourth-order valence-corrected chi connectivity index (χ4v) is 8.51. The van der Waals surface area contributed by atoms with E-state index in [0.29, 0.717) is 34.2 Å². The summed E-state index contributed by atoms with van der Waals surface area (Å²) in [5.41, 5.74) is 9.55. The molecule has 8 heteroatoms. The Morgan fingerprint density at radius 3 is 1.80 bits per heavy atom. The van der Waals surface area contributed by atoms with Crippen LogP contribution in [0.25, 0.3) is 106 Å². The lowest BCUT2D eigenvalue weighted by molar-refractivity contribution is -0.137. The number of aromatic nitrogens is 4. The predicted molar refractivity (Wildman–Crippen MR) is 238 cm³/mol. The van der Waals surface area contributed by atoms with Gasteiger partial charge in [0.25, 0.3) is 0 Å². The highest BCUT2D eigenvalue weighted by molar-refractivity contribution is 6.12. The number of nitrogens with zero attached hydrogens (tertiary/aromatic N) is 4. The Morgan fingerprint density at radius 1 is 0.443 bits per heavy atom. The summed E-state index contributed by atoms with van der Waals surface area (Å²) in [6, 6.07) is 58.5. The van der Waals surface area contributed by atoms with Crippen LogP contribution in [-0.2, 0) is 6.18 Å². The van der Waals surface area contributed by atoms with E-state index in [9.17, 15) is 13.2 Å². The van der Waals surface area contributed by atoms with Crippen LogP contribution >= 0.6 is 0 Å². The number of aryl methyl sites for hydroxylation is 1. The fraction of sp³-hybridized carbons (Fsp3) is 0.0377. The van der Waals surface area contributed by atoms with Gasteiger partial charge in [-0.15, -0.1) is 0 Å². The first kappa shape index (κ1) is 36.3. The molecule has 0 saturated carbocycles. The molecule has 0 radical (unpaired) electrons. The second-order valence-electron chi connectivity index (χ2n) is 15.2. The minimum Gasteiger partial charge on any atom is -0.455 e. The van der Waals surface area contributed by atoms with Crippen molar-refractivity contribution >= 4 is 43.7 Å². The average molecular weight is 799 g/mol. The first-order chi connectivity index (χ1) is 29.8. The maximum absolute atomic E-state index is 14.0. The molecule has 5 nitrogen and oxygen atoms in total. The largest absolute Gasteiger partial charge is 0.455 e. The molecule has 0 spiro atoms. The van der Waals surface area contributed by atoms with Crippen LogP contribution in [-0.4, -0.2) is 19.5 Å². The number of fused-ring (bicyclic) bond motifs is 6. The van der Waals surface area contributed by atoms with Crippen molar-refractivity contribution in [3.8, 4) is 62.1 Å². The van der Waals surface area contributed by atoms with Gasteiger partial charge in [0.1, 0.15) is 11.2 Å². The smallest absolute Gasteiger partial charge is 0.416 e. The quantitative estimate of drug-likeness (QED) is 0.168. The molecule has 0 aliphatic heterocycles. The van der Waals surface area contributed by atoms with Gasteiger partial charge in [-0.05, 0) is 77.7 Å². The van der Waals surface area contributed by atoms with Crippen molar-refractivity contribution in [1.29, 1.82) is 0 Å². The molecular formula is C53H33F3N4O. The van der Waals surface area contributed by atoms with Crippen molar-refractivity contribution in [3.63, 3.8) is 0 Å². The molecule has 0 fully saturated rings. The number of hydrogen-bond donors (Lipinski definition) is 0. The molecule has 3 aromatic heterocycles. The highest BCUT2D eigenvalue weighted by Crippen LogP contribution is 2.42. The third-order valence-corrected chi connectivity index (χ3v) is 11.3. The molecule has 0 atom stereocenters. The van der Waals surface area contributed by atoms with Crippen LogP contribution in [0, 0.1) is 6.92 Å². The van der Waals surface area contributed by atoms with Crippen LogP contribution in [0.5, 0.6) is 0 Å². The lowest BCUT2D eigenvalue weighted by Crippen LogP contribution is -2.05. The first-order valence-electron chi connectivity index (χ1n) is 19.9. The second-order valence-corrected chi connectivity index (χ2v) is 15.2. The van der Waals surface area contributed by atoms with Gasteiger partial charge in [0.05, 0.1) is 22.3 Å². The van der Waals surface area contributed by atoms with Gasteiger partial charge in [0.15, 0.2) is 17.5 Å². The molecule has 61 heavy (non-hydrogen) atoms. The summed E-state index contributed by atoms with van der Waals surface area (Å²) in [5, 5.41) is 3.91. The second kappa shape index (κ2) is 14.2. The van der Waals surface area contributed by atoms with Crippen LogP contribution in [0.15, 0.2) is 186 Å². The minimum atomic E-state index is -4.46. The summed E-state index contributed by atoms with van der Waals surface area (Å²) in [6.07, 6.45) is -4.46. The Hall–Kier alpha value is -7.84. The zero-order valence-corrected chi connectivity index (χ0v) is 32.7. The van der Waals surface area contributed by atoms with Gasteiger partial charge < -0.3 is 8.98 Å². The predicted octanol–water partition coefficient (Wildman–Crippen LogP) is 14.5. The van der Waals surface area contributed by atoms with Crippen LogP contribution < -0.4 is 0 Å². The third-order valence-electron chi connectivity index (χ3n) is 11.3. The van der Waals surface area contributed by atoms with Crippen LogP contribution in [0.4, 0.5) is 13.2 Å². The molecule has 11 rings (SSSR count). The molecule has 0 unspecified atom stereocenters. The number of rotatable bonds is 6. The highest BCUT2D eigenvalue weighted by atomic mass is 19.4. The lowest BCUT2D eigenvalue weighted by atomic mass is 9.98. The Kier molecular flexibility index (Phi) is 8.42. The zero-order valence-electron chi connectivity index (χ0n) is 32.7. The van der Waals surface area contributed by atoms with E-state index in [-0.39, 0.29) is 0 Å². The van der Waals surface area contributed by atoms with Crippen molar-refractivity contribution in [3.05, 3.63) is 193 Å². The number of para-hydroxylation sites is 3. The molecule has 11 aromatic rings. The van der Waals surface area contributed by atoms with Gasteiger partial charge >= 0.3 is 6.18 Å². The Bertz CT molecular complexity index is 3420. The fourth-order valence-electron chi connectivity index (χ4n) is 8.51. The van der Waals surface area contributed by atoms with Crippen molar-refractivity contribution in [1.82, 2.24) is 19.5 Å². The van der Waals surface area contributed by atoms with Gasteiger partial charge in [-0.3, -0.25) is 0 Å². The normalized spacial score (nSPS) is 11.9. The topological polar surface area (TPSA) is 56.7 Å². The van der Waals surface area contributed by atoms with E-state index in [4.69, 9.17) is 19.4 Å². The van der Waals surface area contributed by atoms with Crippen LogP contribution in [0.2, 0.25) is 0 Å². The maximum Gasteiger partial charge on any atom is 0.416 e. The molecule has 0 aliphatic carbocycles. The van der Waals surface area contributed by atoms with Crippen molar-refractivity contribution in [2.24, 2.45) is 0 Å². The van der Waals surface area contributed by atoms with Gasteiger partial charge in [-0.25, -0.2) is 15.0 Å². The van der Waals surface area contributed by atoms with Gasteiger partial charge in [0, 0.05) is 43.8 Å². The number of alkyl halides is 3. The number of furan rings is 1. The summed E-state index contributed by atoms with van der Waals surface area (Å²) in [5.74, 6) is 1.54. The lowest BCUT2D eigenvalue weighted by Gasteiger charge is -2.16. The van der Waals surface area contributed by atoms with Crippen LogP contribution in [0.1, 0.15) is 11.1 Å². The molecule has 0 saturated heterocycles. The number of halogens is 3. The van der Waals surface area contributed by atoms with Gasteiger partial charge in [0.2, 0.25) is 0 Å². The van der Waals surface area contributed by atoms with E-state index in [0.717, 1.165) is 77.2 Å². The van der Waals surface area contributed by atoms with E-state index >= 15 is 0 Å². The van der Waals surface area contributed by atoms with E-state index in [2.05, 4.69) is 53.1 Å². The molecule has 8 aromatic carbocycles. The maximum atomic E-state index is 14.0. The molecule has 0 bridgehead atoms. The Labute approximate surface area is 348 Å². The third kappa shape index (κ3) is 6.31. The SMILES string of the molecule is Cc1cc(-c2ccc3c(c2)c2ccccc2n3-c2ccc(-c3cccc4c3oc3ccccc34)cc2-c2nc(-c3ccccc3)nc(-c3ccccc3)n2)cc(C(F)(F)F)c1. The summed E-state index contributed by atoms with van der Waals surface area (Å²) in [4.78, 5) is 15.4. The molecule has 0 amide bonds. The number of benzene rings is 8. The molecular weight excluding hydrogens is 766 g/mol. The Balaban J connectivity index is 1.19. The van der Waals surface area contributed by atoms with Crippen molar-refractivity contribution in [2.75, 3.05) is 0 Å². The average Bonchev–Trinajstić information content (AvgIpc) is 3.84. The molecule has 0 aliphatic rings. The van der Waals surface area contributed by atoms with E-state index in [1.807, 2.05) is 115 Å². The van der Waals surface area contributed by atoms with E-state index < -0.39 is 11.7 Å².